The third-order valence-electron chi connectivity index (χ3n) is 2.81. The molecule has 0 aromatic carbocycles. The summed E-state index contributed by atoms with van der Waals surface area (Å²) < 4.78 is 0. The summed E-state index contributed by atoms with van der Waals surface area (Å²) in [4.78, 5) is 2.30. The predicted molar refractivity (Wildman–Crippen MR) is 54.7 cm³/mol. The summed E-state index contributed by atoms with van der Waals surface area (Å²) in [5.74, 6) is 2.61. The monoisotopic (exact) mass is 189 g/mol. The van der Waals surface area contributed by atoms with Gasteiger partial charge in [0.1, 0.15) is 0 Å². The first-order chi connectivity index (χ1) is 5.72. The van der Waals surface area contributed by atoms with Gasteiger partial charge < -0.3 is 4.90 Å². The van der Waals surface area contributed by atoms with E-state index in [9.17, 15) is 0 Å². The quantitative estimate of drug-likeness (QED) is 0.617. The average molecular weight is 190 g/mol. The van der Waals surface area contributed by atoms with E-state index in [-0.39, 0.29) is 0 Å². The summed E-state index contributed by atoms with van der Waals surface area (Å²) in [5.41, 5.74) is 0. The van der Waals surface area contributed by atoms with Gasteiger partial charge in [-0.25, -0.2) is 0 Å². The predicted octanol–water partition coefficient (Wildman–Crippen LogP) is 2.59. The molecule has 1 fully saturated rings. The van der Waals surface area contributed by atoms with Gasteiger partial charge >= 0.3 is 0 Å². The van der Waals surface area contributed by atoms with Crippen molar-refractivity contribution in [3.63, 3.8) is 0 Å². The van der Waals surface area contributed by atoms with Crippen molar-refractivity contribution in [2.24, 2.45) is 11.8 Å². The molecule has 0 atom stereocenters. The van der Waals surface area contributed by atoms with Crippen molar-refractivity contribution >= 4 is 11.6 Å². The number of hydrogen-bond donors (Lipinski definition) is 0. The highest BCUT2D eigenvalue weighted by Gasteiger charge is 2.20. The Morgan fingerprint density at radius 1 is 1.08 bits per heavy atom. The Labute approximate surface area is 81.1 Å². The topological polar surface area (TPSA) is 3.24 Å². The first kappa shape index (κ1) is 10.3. The van der Waals surface area contributed by atoms with Crippen molar-refractivity contribution < 1.29 is 0 Å². The van der Waals surface area contributed by atoms with E-state index in [1.165, 1.54) is 32.2 Å². The molecule has 72 valence electrons. The summed E-state index contributed by atoms with van der Waals surface area (Å²) in [5, 5.41) is 0. The summed E-state index contributed by atoms with van der Waals surface area (Å²) in [6.45, 7) is 1.26. The summed E-state index contributed by atoms with van der Waals surface area (Å²) in [6.07, 6.45) is 5.47. The third kappa shape index (κ3) is 3.32. The first-order valence-corrected chi connectivity index (χ1v) is 5.46. The van der Waals surface area contributed by atoms with E-state index in [4.69, 9.17) is 11.6 Å². The maximum atomic E-state index is 5.82. The lowest BCUT2D eigenvalue weighted by atomic mass is 9.83. The second kappa shape index (κ2) is 5.08. The van der Waals surface area contributed by atoms with E-state index in [0.717, 1.165) is 17.7 Å². The first-order valence-electron chi connectivity index (χ1n) is 4.93. The lowest BCUT2D eigenvalue weighted by Crippen LogP contribution is -2.26. The minimum Gasteiger partial charge on any atom is -0.309 e. The second-order valence-corrected chi connectivity index (χ2v) is 4.61. The van der Waals surface area contributed by atoms with Crippen molar-refractivity contribution in [2.45, 2.75) is 25.7 Å². The van der Waals surface area contributed by atoms with Crippen LogP contribution in [0.1, 0.15) is 25.7 Å². The molecular formula is C10H20ClN. The van der Waals surface area contributed by atoms with Crippen LogP contribution in [0.4, 0.5) is 0 Å². The van der Waals surface area contributed by atoms with E-state index in [0.29, 0.717) is 0 Å². The maximum absolute atomic E-state index is 5.82. The number of rotatable bonds is 3. The standard InChI is InChI=1S/C10H20ClN/c1-12(2)8-10-5-3-9(7-11)4-6-10/h9-10H,3-8H2,1-2H3. The highest BCUT2D eigenvalue weighted by Crippen LogP contribution is 2.29. The zero-order valence-corrected chi connectivity index (χ0v) is 8.98. The molecule has 0 radical (unpaired) electrons. The lowest BCUT2D eigenvalue weighted by Gasteiger charge is -2.29. The number of hydrogen-bond acceptors (Lipinski definition) is 1. The van der Waals surface area contributed by atoms with Gasteiger partial charge in [0.05, 0.1) is 0 Å². The van der Waals surface area contributed by atoms with Gasteiger partial charge in [-0.2, -0.15) is 0 Å². The highest BCUT2D eigenvalue weighted by molar-refractivity contribution is 6.18. The minimum absolute atomic E-state index is 0.810. The van der Waals surface area contributed by atoms with E-state index < -0.39 is 0 Å². The van der Waals surface area contributed by atoms with Gasteiger partial charge in [0.2, 0.25) is 0 Å². The fourth-order valence-electron chi connectivity index (χ4n) is 2.08. The minimum atomic E-state index is 0.810. The Balaban J connectivity index is 2.17. The van der Waals surface area contributed by atoms with Gasteiger partial charge in [0.15, 0.2) is 0 Å². The van der Waals surface area contributed by atoms with Crippen LogP contribution in [0, 0.1) is 11.8 Å². The fraction of sp³-hybridized carbons (Fsp3) is 1.00. The Kier molecular flexibility index (Phi) is 4.38. The molecule has 0 unspecified atom stereocenters. The molecule has 0 aromatic heterocycles. The van der Waals surface area contributed by atoms with Crippen LogP contribution in [0.5, 0.6) is 0 Å². The summed E-state index contributed by atoms with van der Waals surface area (Å²) in [7, 11) is 4.32. The van der Waals surface area contributed by atoms with Gasteiger partial charge in [-0.3, -0.25) is 0 Å². The molecule has 0 N–H and O–H groups in total. The van der Waals surface area contributed by atoms with E-state index in [1.807, 2.05) is 0 Å². The molecular weight excluding hydrogens is 170 g/mol. The van der Waals surface area contributed by atoms with Crippen molar-refractivity contribution in [3.05, 3.63) is 0 Å². The highest BCUT2D eigenvalue weighted by atomic mass is 35.5. The molecule has 0 saturated heterocycles. The molecule has 0 aliphatic heterocycles. The molecule has 0 amide bonds. The van der Waals surface area contributed by atoms with Crippen molar-refractivity contribution in [2.75, 3.05) is 26.5 Å². The van der Waals surface area contributed by atoms with Gasteiger partial charge in [-0.1, -0.05) is 0 Å². The Hall–Kier alpha value is 0.250. The van der Waals surface area contributed by atoms with Gasteiger partial charge in [-0.05, 0) is 51.6 Å². The molecule has 2 heteroatoms. The molecule has 0 spiro atoms. The number of halogens is 1. The van der Waals surface area contributed by atoms with Gasteiger partial charge in [0.25, 0.3) is 0 Å². The van der Waals surface area contributed by atoms with Crippen molar-refractivity contribution in [1.82, 2.24) is 4.90 Å². The SMILES string of the molecule is CN(C)CC1CCC(CCl)CC1. The molecule has 0 heterocycles. The Morgan fingerprint density at radius 2 is 1.58 bits per heavy atom. The maximum Gasteiger partial charge on any atom is 0.0251 e. The van der Waals surface area contributed by atoms with Gasteiger partial charge in [-0.15, -0.1) is 11.6 Å². The Morgan fingerprint density at radius 3 is 2.00 bits per heavy atom. The van der Waals surface area contributed by atoms with Crippen LogP contribution in [0.3, 0.4) is 0 Å². The van der Waals surface area contributed by atoms with Crippen LogP contribution in [0.2, 0.25) is 0 Å². The molecule has 12 heavy (non-hydrogen) atoms. The van der Waals surface area contributed by atoms with Crippen LogP contribution in [0.25, 0.3) is 0 Å². The molecule has 1 nitrogen and oxygen atoms in total. The smallest absolute Gasteiger partial charge is 0.0251 e. The lowest BCUT2D eigenvalue weighted by molar-refractivity contribution is 0.232. The van der Waals surface area contributed by atoms with Crippen molar-refractivity contribution in [3.8, 4) is 0 Å². The fourth-order valence-corrected chi connectivity index (χ4v) is 2.39. The van der Waals surface area contributed by atoms with Crippen molar-refractivity contribution in [1.29, 1.82) is 0 Å². The van der Waals surface area contributed by atoms with E-state index in [1.54, 1.807) is 0 Å². The van der Waals surface area contributed by atoms with Gasteiger partial charge in [0, 0.05) is 12.4 Å². The number of nitrogens with zero attached hydrogens (tertiary/aromatic N) is 1. The summed E-state index contributed by atoms with van der Waals surface area (Å²) >= 11 is 5.82. The molecule has 1 saturated carbocycles. The normalized spacial score (nSPS) is 31.0. The van der Waals surface area contributed by atoms with E-state index in [2.05, 4.69) is 19.0 Å². The number of alkyl halides is 1. The zero-order chi connectivity index (χ0) is 8.97. The largest absolute Gasteiger partial charge is 0.309 e. The average Bonchev–Trinajstić information content (AvgIpc) is 2.05. The molecule has 0 bridgehead atoms. The van der Waals surface area contributed by atoms with E-state index >= 15 is 0 Å². The molecule has 0 aromatic rings. The molecule has 1 rings (SSSR count). The Bertz CT molecular complexity index is 117. The van der Waals surface area contributed by atoms with Crippen LogP contribution in [-0.2, 0) is 0 Å². The second-order valence-electron chi connectivity index (χ2n) is 4.30. The van der Waals surface area contributed by atoms with Crippen LogP contribution in [0.15, 0.2) is 0 Å². The zero-order valence-electron chi connectivity index (χ0n) is 8.22. The van der Waals surface area contributed by atoms with Crippen LogP contribution < -0.4 is 0 Å². The molecule has 1 aliphatic rings. The third-order valence-corrected chi connectivity index (χ3v) is 3.24. The summed E-state index contributed by atoms with van der Waals surface area (Å²) in [6, 6.07) is 0. The molecule has 1 aliphatic carbocycles. The van der Waals surface area contributed by atoms with Crippen LogP contribution in [-0.4, -0.2) is 31.4 Å². The van der Waals surface area contributed by atoms with Crippen LogP contribution >= 0.6 is 11.6 Å².